The van der Waals surface area contributed by atoms with Gasteiger partial charge in [-0.2, -0.15) is 0 Å². The predicted octanol–water partition coefficient (Wildman–Crippen LogP) is 4.42. The van der Waals surface area contributed by atoms with Crippen molar-refractivity contribution < 1.29 is 4.79 Å². The molecule has 0 unspecified atom stereocenters. The van der Waals surface area contributed by atoms with Gasteiger partial charge in [0.2, 0.25) is 0 Å². The van der Waals surface area contributed by atoms with Crippen molar-refractivity contribution in [1.82, 2.24) is 15.5 Å². The molecule has 1 aliphatic heterocycles. The van der Waals surface area contributed by atoms with E-state index in [0.29, 0.717) is 6.54 Å². The minimum atomic E-state index is -0.00620. The molecule has 1 aromatic rings. The molecule has 7 heteroatoms. The third-order valence-corrected chi connectivity index (χ3v) is 4.59. The van der Waals surface area contributed by atoms with Crippen LogP contribution in [0.2, 0.25) is 0 Å². The lowest BCUT2D eigenvalue weighted by Crippen LogP contribution is -2.37. The average Bonchev–Trinajstić information content (AvgIpc) is 3.18. The molecule has 0 bridgehead atoms. The fourth-order valence-corrected chi connectivity index (χ4v) is 3.10. The second-order valence-corrected chi connectivity index (χ2v) is 7.48. The Morgan fingerprint density at radius 1 is 1.21 bits per heavy atom. The van der Waals surface area contributed by atoms with Crippen molar-refractivity contribution in [2.75, 3.05) is 31.5 Å². The zero-order valence-corrected chi connectivity index (χ0v) is 19.8. The number of carbonyl (C=O) groups excluding carboxylic acids is 1. The van der Waals surface area contributed by atoms with E-state index in [1.807, 2.05) is 29.2 Å². The third kappa shape index (κ3) is 9.12. The third-order valence-electron chi connectivity index (χ3n) is 4.59. The number of guanidine groups is 1. The first-order valence-electron chi connectivity index (χ1n) is 10.3. The molecule has 0 radical (unpaired) electrons. The lowest BCUT2D eigenvalue weighted by atomic mass is 10.1. The molecule has 2 amide bonds. The summed E-state index contributed by atoms with van der Waals surface area (Å²) in [7, 11) is 0. The highest BCUT2D eigenvalue weighted by Gasteiger charge is 2.17. The van der Waals surface area contributed by atoms with Gasteiger partial charge >= 0.3 is 6.03 Å². The molecule has 6 nitrogen and oxygen atoms in total. The van der Waals surface area contributed by atoms with E-state index in [4.69, 9.17) is 0 Å². The quantitative estimate of drug-likeness (QED) is 0.214. The van der Waals surface area contributed by atoms with E-state index in [1.165, 1.54) is 6.42 Å². The van der Waals surface area contributed by atoms with E-state index >= 15 is 0 Å². The first-order chi connectivity index (χ1) is 13.1. The highest BCUT2D eigenvalue weighted by Crippen LogP contribution is 2.14. The molecule has 2 rings (SSSR count). The Kier molecular flexibility index (Phi) is 11.9. The Labute approximate surface area is 187 Å². The van der Waals surface area contributed by atoms with Crippen LogP contribution in [-0.4, -0.2) is 43.1 Å². The van der Waals surface area contributed by atoms with Crippen LogP contribution < -0.4 is 16.0 Å². The maximum atomic E-state index is 12.2. The molecule has 158 valence electrons. The molecule has 0 aromatic heterocycles. The summed E-state index contributed by atoms with van der Waals surface area (Å²) in [6.45, 7) is 10.6. The van der Waals surface area contributed by atoms with Gasteiger partial charge in [-0.1, -0.05) is 26.0 Å². The summed E-state index contributed by atoms with van der Waals surface area (Å²) in [6.07, 6.45) is 4.55. The molecule has 0 spiro atoms. The summed E-state index contributed by atoms with van der Waals surface area (Å²) in [4.78, 5) is 18.8. The SMILES string of the molecule is CCNC(=NCc1cccc(NC(=O)N2CCCC2)c1)NCCCC(C)C.I. The van der Waals surface area contributed by atoms with Gasteiger partial charge in [-0.15, -0.1) is 24.0 Å². The molecule has 3 N–H and O–H groups in total. The largest absolute Gasteiger partial charge is 0.357 e. The number of hydrogen-bond donors (Lipinski definition) is 3. The highest BCUT2D eigenvalue weighted by molar-refractivity contribution is 14.0. The van der Waals surface area contributed by atoms with Crippen LogP contribution in [0.1, 0.15) is 52.0 Å². The smallest absolute Gasteiger partial charge is 0.321 e. The molecule has 0 saturated carbocycles. The van der Waals surface area contributed by atoms with Crippen molar-refractivity contribution >= 4 is 41.7 Å². The zero-order chi connectivity index (χ0) is 19.5. The Bertz CT molecular complexity index is 615. The predicted molar refractivity (Wildman–Crippen MR) is 129 cm³/mol. The molecule has 1 fully saturated rings. The van der Waals surface area contributed by atoms with Gasteiger partial charge in [-0.05, 0) is 56.2 Å². The van der Waals surface area contributed by atoms with E-state index in [2.05, 4.69) is 41.7 Å². The number of rotatable bonds is 8. The Morgan fingerprint density at radius 3 is 2.64 bits per heavy atom. The molecule has 1 saturated heterocycles. The minimum absolute atomic E-state index is 0. The van der Waals surface area contributed by atoms with Crippen LogP contribution in [0.15, 0.2) is 29.3 Å². The van der Waals surface area contributed by atoms with Crippen LogP contribution in [-0.2, 0) is 6.54 Å². The second kappa shape index (κ2) is 13.6. The van der Waals surface area contributed by atoms with E-state index < -0.39 is 0 Å². The van der Waals surface area contributed by atoms with Crippen LogP contribution >= 0.6 is 24.0 Å². The summed E-state index contributed by atoms with van der Waals surface area (Å²) in [5, 5.41) is 9.68. The molecule has 1 aromatic carbocycles. The van der Waals surface area contributed by atoms with Gasteiger partial charge in [-0.25, -0.2) is 9.79 Å². The van der Waals surface area contributed by atoms with E-state index in [9.17, 15) is 4.79 Å². The van der Waals surface area contributed by atoms with Crippen molar-refractivity contribution in [2.24, 2.45) is 10.9 Å². The van der Waals surface area contributed by atoms with Gasteiger partial charge in [0.15, 0.2) is 5.96 Å². The normalized spacial score (nSPS) is 14.0. The van der Waals surface area contributed by atoms with Crippen molar-refractivity contribution in [1.29, 1.82) is 0 Å². The molecule has 28 heavy (non-hydrogen) atoms. The number of halogens is 1. The standard InChI is InChI=1S/C21H35N5O.HI/c1-4-22-20(23-12-8-9-17(2)3)24-16-18-10-7-11-19(15-18)25-21(27)26-13-5-6-14-26;/h7,10-11,15,17H,4-6,8-9,12-14,16H2,1-3H3,(H,25,27)(H2,22,23,24);1H. The summed E-state index contributed by atoms with van der Waals surface area (Å²) < 4.78 is 0. The molecular formula is C21H36IN5O. The van der Waals surface area contributed by atoms with Crippen molar-refractivity contribution in [2.45, 2.75) is 53.0 Å². The lowest BCUT2D eigenvalue weighted by molar-refractivity contribution is 0.222. The number of nitrogens with one attached hydrogen (secondary N) is 3. The number of urea groups is 1. The molecular weight excluding hydrogens is 465 g/mol. The van der Waals surface area contributed by atoms with Crippen LogP contribution in [0, 0.1) is 5.92 Å². The van der Waals surface area contributed by atoms with Crippen molar-refractivity contribution in [3.8, 4) is 0 Å². The maximum Gasteiger partial charge on any atom is 0.321 e. The summed E-state index contributed by atoms with van der Waals surface area (Å²) >= 11 is 0. The topological polar surface area (TPSA) is 68.8 Å². The van der Waals surface area contributed by atoms with Gasteiger partial charge < -0.3 is 20.9 Å². The van der Waals surface area contributed by atoms with Crippen LogP contribution in [0.25, 0.3) is 0 Å². The minimum Gasteiger partial charge on any atom is -0.357 e. The lowest BCUT2D eigenvalue weighted by Gasteiger charge is -2.16. The first kappa shape index (κ1) is 24.5. The number of likely N-dealkylation sites (tertiary alicyclic amines) is 1. The number of benzene rings is 1. The van der Waals surface area contributed by atoms with E-state index in [0.717, 1.165) is 68.6 Å². The number of nitrogens with zero attached hydrogens (tertiary/aromatic N) is 2. The average molecular weight is 501 g/mol. The zero-order valence-electron chi connectivity index (χ0n) is 17.5. The van der Waals surface area contributed by atoms with Gasteiger partial charge in [0.05, 0.1) is 6.54 Å². The maximum absolute atomic E-state index is 12.2. The van der Waals surface area contributed by atoms with Crippen LogP contribution in [0.5, 0.6) is 0 Å². The molecule has 1 aliphatic rings. The number of anilines is 1. The summed E-state index contributed by atoms with van der Waals surface area (Å²) in [5.74, 6) is 1.57. The fourth-order valence-electron chi connectivity index (χ4n) is 3.10. The Morgan fingerprint density at radius 2 is 1.96 bits per heavy atom. The van der Waals surface area contributed by atoms with Crippen molar-refractivity contribution in [3.05, 3.63) is 29.8 Å². The van der Waals surface area contributed by atoms with Crippen molar-refractivity contribution in [3.63, 3.8) is 0 Å². The fraction of sp³-hybridized carbons (Fsp3) is 0.619. The summed E-state index contributed by atoms with van der Waals surface area (Å²) in [5.41, 5.74) is 1.91. The first-order valence-corrected chi connectivity index (χ1v) is 10.3. The number of hydrogen-bond acceptors (Lipinski definition) is 2. The number of aliphatic imine (C=N–C) groups is 1. The summed E-state index contributed by atoms with van der Waals surface area (Å²) in [6, 6.07) is 7.93. The molecule has 0 atom stereocenters. The number of carbonyl (C=O) groups is 1. The van der Waals surface area contributed by atoms with Gasteiger partial charge in [0.1, 0.15) is 0 Å². The van der Waals surface area contributed by atoms with Gasteiger partial charge in [0, 0.05) is 31.9 Å². The van der Waals surface area contributed by atoms with E-state index in [-0.39, 0.29) is 30.0 Å². The molecule has 0 aliphatic carbocycles. The van der Waals surface area contributed by atoms with Gasteiger partial charge in [-0.3, -0.25) is 0 Å². The number of amides is 2. The molecule has 1 heterocycles. The van der Waals surface area contributed by atoms with Gasteiger partial charge in [0.25, 0.3) is 0 Å². The monoisotopic (exact) mass is 501 g/mol. The van der Waals surface area contributed by atoms with E-state index in [1.54, 1.807) is 0 Å². The van der Waals surface area contributed by atoms with Crippen LogP contribution in [0.4, 0.5) is 10.5 Å². The highest BCUT2D eigenvalue weighted by atomic mass is 127. The van der Waals surface area contributed by atoms with Crippen LogP contribution in [0.3, 0.4) is 0 Å². The Balaban J connectivity index is 0.00000392. The second-order valence-electron chi connectivity index (χ2n) is 7.48. The Hall–Kier alpha value is -1.51.